The molecule has 0 radical (unpaired) electrons. The number of nitrogens with zero attached hydrogens (tertiary/aromatic N) is 2. The molecule has 10 heteroatoms. The summed E-state index contributed by atoms with van der Waals surface area (Å²) in [6, 6.07) is 19.5. The first-order chi connectivity index (χ1) is 16.4. The lowest BCUT2D eigenvalue weighted by molar-refractivity contribution is 0.102. The molecule has 0 saturated carbocycles. The number of halogens is 1. The number of thiazole rings is 1. The SMILES string of the molecule is O=C(Nc1ccc(-c2cn3ccsc3n2)cc1)c1cccc(S(=O)(=O)Nc2ccc(Cl)cc2)c1. The number of carbonyl (C=O) groups excluding carboxylic acids is 1. The molecule has 7 nitrogen and oxygen atoms in total. The van der Waals surface area contributed by atoms with Crippen LogP contribution < -0.4 is 10.0 Å². The minimum absolute atomic E-state index is 0.0230. The van der Waals surface area contributed by atoms with E-state index in [1.54, 1.807) is 53.8 Å². The van der Waals surface area contributed by atoms with Crippen LogP contribution in [0.25, 0.3) is 16.2 Å². The number of nitrogens with one attached hydrogen (secondary N) is 2. The predicted octanol–water partition coefficient (Wildman–Crippen LogP) is 5.77. The van der Waals surface area contributed by atoms with Crippen molar-refractivity contribution in [3.05, 3.63) is 101 Å². The first kappa shape index (κ1) is 22.1. The number of benzene rings is 3. The molecular weight excluding hydrogens is 492 g/mol. The van der Waals surface area contributed by atoms with Gasteiger partial charge in [0, 0.05) is 45.3 Å². The molecule has 3 aromatic carbocycles. The Balaban J connectivity index is 1.30. The summed E-state index contributed by atoms with van der Waals surface area (Å²) in [6.07, 6.45) is 3.90. The third kappa shape index (κ3) is 4.67. The van der Waals surface area contributed by atoms with E-state index in [4.69, 9.17) is 11.6 Å². The molecular formula is C24H17ClN4O3S2. The fourth-order valence-corrected chi connectivity index (χ4v) is 5.26. The van der Waals surface area contributed by atoms with Crippen molar-refractivity contribution >= 4 is 55.2 Å². The van der Waals surface area contributed by atoms with Crippen LogP contribution in [0.4, 0.5) is 11.4 Å². The first-order valence-corrected chi connectivity index (χ1v) is 12.8. The smallest absolute Gasteiger partial charge is 0.261 e. The van der Waals surface area contributed by atoms with Gasteiger partial charge in [-0.2, -0.15) is 0 Å². The molecule has 0 aliphatic carbocycles. The lowest BCUT2D eigenvalue weighted by Gasteiger charge is -2.10. The Morgan fingerprint density at radius 3 is 2.44 bits per heavy atom. The third-order valence-electron chi connectivity index (χ3n) is 5.03. The van der Waals surface area contributed by atoms with Crippen LogP contribution in [0.5, 0.6) is 0 Å². The van der Waals surface area contributed by atoms with Crippen LogP contribution in [0.1, 0.15) is 10.4 Å². The van der Waals surface area contributed by atoms with Gasteiger partial charge in [-0.3, -0.25) is 13.9 Å². The van der Waals surface area contributed by atoms with E-state index >= 15 is 0 Å². The topological polar surface area (TPSA) is 92.6 Å². The van der Waals surface area contributed by atoms with Crippen LogP contribution in [0.2, 0.25) is 5.02 Å². The summed E-state index contributed by atoms with van der Waals surface area (Å²) in [5, 5.41) is 5.27. The molecule has 2 aromatic heterocycles. The molecule has 5 aromatic rings. The summed E-state index contributed by atoms with van der Waals surface area (Å²) in [5.41, 5.74) is 2.95. The number of carbonyl (C=O) groups is 1. The van der Waals surface area contributed by atoms with Crippen molar-refractivity contribution in [2.75, 3.05) is 10.0 Å². The van der Waals surface area contributed by atoms with Crippen molar-refractivity contribution in [3.63, 3.8) is 0 Å². The largest absolute Gasteiger partial charge is 0.322 e. The van der Waals surface area contributed by atoms with E-state index in [0.29, 0.717) is 16.4 Å². The van der Waals surface area contributed by atoms with Gasteiger partial charge in [-0.25, -0.2) is 13.4 Å². The number of sulfonamides is 1. The maximum atomic E-state index is 12.8. The van der Waals surface area contributed by atoms with Gasteiger partial charge < -0.3 is 5.32 Å². The average Bonchev–Trinajstić information content (AvgIpc) is 3.44. The highest BCUT2D eigenvalue weighted by Gasteiger charge is 2.17. The van der Waals surface area contributed by atoms with Crippen LogP contribution in [-0.2, 0) is 10.0 Å². The quantitative estimate of drug-likeness (QED) is 0.304. The van der Waals surface area contributed by atoms with E-state index in [9.17, 15) is 13.2 Å². The zero-order valence-electron chi connectivity index (χ0n) is 17.5. The molecule has 0 spiro atoms. The number of rotatable bonds is 6. The second-order valence-electron chi connectivity index (χ2n) is 7.39. The standard InChI is InChI=1S/C24H17ClN4O3S2/c25-18-6-10-20(11-7-18)28-34(31,32)21-3-1-2-17(14-21)23(30)26-19-8-4-16(5-9-19)22-15-29-12-13-33-24(29)27-22/h1-15,28H,(H,26,30). The first-order valence-electron chi connectivity index (χ1n) is 10.1. The maximum Gasteiger partial charge on any atom is 0.261 e. The van der Waals surface area contributed by atoms with Crippen molar-refractivity contribution in [2.24, 2.45) is 0 Å². The fraction of sp³-hybridized carbons (Fsp3) is 0. The summed E-state index contributed by atoms with van der Waals surface area (Å²) in [6.45, 7) is 0. The van der Waals surface area contributed by atoms with Gasteiger partial charge in [0.2, 0.25) is 0 Å². The van der Waals surface area contributed by atoms with E-state index in [2.05, 4.69) is 15.0 Å². The van der Waals surface area contributed by atoms with Gasteiger partial charge in [-0.1, -0.05) is 29.8 Å². The molecule has 0 fully saturated rings. The molecule has 0 saturated heterocycles. The van der Waals surface area contributed by atoms with Crippen molar-refractivity contribution in [1.82, 2.24) is 9.38 Å². The number of fused-ring (bicyclic) bond motifs is 1. The van der Waals surface area contributed by atoms with E-state index in [1.807, 2.05) is 34.3 Å². The Bertz CT molecular complexity index is 1560. The van der Waals surface area contributed by atoms with Crippen molar-refractivity contribution in [2.45, 2.75) is 4.90 Å². The minimum Gasteiger partial charge on any atom is -0.322 e. The van der Waals surface area contributed by atoms with Gasteiger partial charge in [0.15, 0.2) is 4.96 Å². The number of aromatic nitrogens is 2. The monoisotopic (exact) mass is 508 g/mol. The zero-order chi connectivity index (χ0) is 23.7. The molecule has 170 valence electrons. The summed E-state index contributed by atoms with van der Waals surface area (Å²) < 4.78 is 29.9. The summed E-state index contributed by atoms with van der Waals surface area (Å²) in [7, 11) is -3.88. The molecule has 0 bridgehead atoms. The third-order valence-corrected chi connectivity index (χ3v) is 7.44. The average molecular weight is 509 g/mol. The second kappa shape index (κ2) is 8.94. The number of amides is 1. The summed E-state index contributed by atoms with van der Waals surface area (Å²) >= 11 is 7.41. The molecule has 0 atom stereocenters. The van der Waals surface area contributed by atoms with Gasteiger partial charge >= 0.3 is 0 Å². The number of anilines is 2. The van der Waals surface area contributed by atoms with Crippen LogP contribution in [0.15, 0.2) is 95.5 Å². The lowest BCUT2D eigenvalue weighted by Crippen LogP contribution is -2.16. The van der Waals surface area contributed by atoms with Crippen LogP contribution >= 0.6 is 22.9 Å². The second-order valence-corrected chi connectivity index (χ2v) is 10.4. The number of hydrogen-bond donors (Lipinski definition) is 2. The van der Waals surface area contributed by atoms with E-state index in [-0.39, 0.29) is 10.5 Å². The van der Waals surface area contributed by atoms with Crippen LogP contribution in [0, 0.1) is 0 Å². The Labute approximate surface area is 204 Å². The highest BCUT2D eigenvalue weighted by molar-refractivity contribution is 7.92. The zero-order valence-corrected chi connectivity index (χ0v) is 19.9. The molecule has 2 heterocycles. The van der Waals surface area contributed by atoms with E-state index in [1.165, 1.54) is 18.2 Å². The highest BCUT2D eigenvalue weighted by atomic mass is 35.5. The fourth-order valence-electron chi connectivity index (χ4n) is 3.33. The van der Waals surface area contributed by atoms with Crippen LogP contribution in [-0.4, -0.2) is 23.7 Å². The highest BCUT2D eigenvalue weighted by Crippen LogP contribution is 2.24. The van der Waals surface area contributed by atoms with Gasteiger partial charge in [-0.15, -0.1) is 11.3 Å². The predicted molar refractivity (Wildman–Crippen MR) is 135 cm³/mol. The number of imidazole rings is 1. The van der Waals surface area contributed by atoms with Crippen molar-refractivity contribution in [1.29, 1.82) is 0 Å². The Hall–Kier alpha value is -3.66. The number of hydrogen-bond acceptors (Lipinski definition) is 5. The van der Waals surface area contributed by atoms with Gasteiger partial charge in [0.25, 0.3) is 15.9 Å². The van der Waals surface area contributed by atoms with Gasteiger partial charge in [-0.05, 0) is 54.6 Å². The maximum absolute atomic E-state index is 12.8. The van der Waals surface area contributed by atoms with E-state index in [0.717, 1.165) is 16.2 Å². The molecule has 0 aliphatic rings. The van der Waals surface area contributed by atoms with Crippen molar-refractivity contribution < 1.29 is 13.2 Å². The lowest BCUT2D eigenvalue weighted by atomic mass is 10.1. The summed E-state index contributed by atoms with van der Waals surface area (Å²) in [4.78, 5) is 18.2. The van der Waals surface area contributed by atoms with Crippen molar-refractivity contribution in [3.8, 4) is 11.3 Å². The molecule has 2 N–H and O–H groups in total. The molecule has 1 amide bonds. The van der Waals surface area contributed by atoms with Gasteiger partial charge in [0.1, 0.15) is 0 Å². The normalized spacial score (nSPS) is 11.4. The Kier molecular flexibility index (Phi) is 5.82. The van der Waals surface area contributed by atoms with E-state index < -0.39 is 15.9 Å². The molecule has 34 heavy (non-hydrogen) atoms. The Morgan fingerprint density at radius 1 is 0.971 bits per heavy atom. The minimum atomic E-state index is -3.88. The Morgan fingerprint density at radius 2 is 1.71 bits per heavy atom. The molecule has 5 rings (SSSR count). The molecule has 0 unspecified atom stereocenters. The summed E-state index contributed by atoms with van der Waals surface area (Å²) in [5.74, 6) is -0.418. The molecule has 0 aliphatic heterocycles. The van der Waals surface area contributed by atoms with Crippen LogP contribution in [0.3, 0.4) is 0 Å². The van der Waals surface area contributed by atoms with Gasteiger partial charge in [0.05, 0.1) is 10.6 Å².